The van der Waals surface area contributed by atoms with Crippen LogP contribution >= 0.6 is 0 Å². The summed E-state index contributed by atoms with van der Waals surface area (Å²) in [5.41, 5.74) is -0.485. The van der Waals surface area contributed by atoms with E-state index in [1.807, 2.05) is 6.92 Å². The van der Waals surface area contributed by atoms with Gasteiger partial charge in [0, 0.05) is 12.6 Å². The van der Waals surface area contributed by atoms with Crippen molar-refractivity contribution in [1.82, 2.24) is 4.90 Å². The molecule has 2 rings (SSSR count). The summed E-state index contributed by atoms with van der Waals surface area (Å²) in [6.45, 7) is 6.20. The molecule has 0 aromatic heterocycles. The van der Waals surface area contributed by atoms with Gasteiger partial charge in [0.1, 0.15) is 0 Å². The minimum Gasteiger partial charge on any atom is -0.481 e. The summed E-state index contributed by atoms with van der Waals surface area (Å²) in [5, 5.41) is 9.57. The minimum absolute atomic E-state index is 0.485. The zero-order valence-corrected chi connectivity index (χ0v) is 12.5. The van der Waals surface area contributed by atoms with Gasteiger partial charge in [-0.25, -0.2) is 0 Å². The maximum absolute atomic E-state index is 11.6. The van der Waals surface area contributed by atoms with Crippen LogP contribution in [0.4, 0.5) is 0 Å². The van der Waals surface area contributed by atoms with Crippen molar-refractivity contribution in [2.45, 2.75) is 71.3 Å². The van der Waals surface area contributed by atoms with Crippen LogP contribution in [0.3, 0.4) is 0 Å². The highest BCUT2D eigenvalue weighted by Crippen LogP contribution is 2.37. The van der Waals surface area contributed by atoms with Crippen molar-refractivity contribution in [3.63, 3.8) is 0 Å². The maximum atomic E-state index is 11.6. The molecular weight excluding hydrogens is 238 g/mol. The third-order valence-corrected chi connectivity index (χ3v) is 5.64. The average Bonchev–Trinajstić information content (AvgIpc) is 2.47. The molecule has 1 saturated heterocycles. The Morgan fingerprint density at radius 1 is 1.32 bits per heavy atom. The molecule has 1 saturated carbocycles. The summed E-state index contributed by atoms with van der Waals surface area (Å²) in [5.74, 6) is 0.200. The van der Waals surface area contributed by atoms with Crippen molar-refractivity contribution in [2.24, 2.45) is 11.3 Å². The topological polar surface area (TPSA) is 40.5 Å². The van der Waals surface area contributed by atoms with Crippen LogP contribution in [0.25, 0.3) is 0 Å². The molecule has 0 spiro atoms. The molecule has 2 aliphatic rings. The van der Waals surface area contributed by atoms with E-state index in [2.05, 4.69) is 11.8 Å². The lowest BCUT2D eigenvalue weighted by atomic mass is 9.76. The zero-order chi connectivity index (χ0) is 13.9. The monoisotopic (exact) mass is 267 g/mol. The van der Waals surface area contributed by atoms with E-state index >= 15 is 0 Å². The average molecular weight is 267 g/mol. The summed E-state index contributed by atoms with van der Waals surface area (Å²) in [4.78, 5) is 14.1. The highest BCUT2D eigenvalue weighted by atomic mass is 16.4. The summed E-state index contributed by atoms with van der Waals surface area (Å²) in [6.07, 6.45) is 9.44. The summed E-state index contributed by atoms with van der Waals surface area (Å²) < 4.78 is 0. The van der Waals surface area contributed by atoms with Crippen LogP contribution in [0.2, 0.25) is 0 Å². The van der Waals surface area contributed by atoms with Gasteiger partial charge >= 0.3 is 5.97 Å². The fraction of sp³-hybridized carbons (Fsp3) is 0.938. The molecule has 3 nitrogen and oxygen atoms in total. The number of carboxylic acid groups (broad SMARTS) is 1. The van der Waals surface area contributed by atoms with Gasteiger partial charge in [-0.15, -0.1) is 0 Å². The Morgan fingerprint density at radius 2 is 2.00 bits per heavy atom. The van der Waals surface area contributed by atoms with Crippen molar-refractivity contribution in [3.8, 4) is 0 Å². The molecule has 2 unspecified atom stereocenters. The second-order valence-corrected chi connectivity index (χ2v) is 6.65. The predicted molar refractivity (Wildman–Crippen MR) is 77.2 cm³/mol. The number of hydrogen-bond donors (Lipinski definition) is 1. The fourth-order valence-corrected chi connectivity index (χ4v) is 4.04. The molecule has 0 aromatic rings. The molecule has 1 heterocycles. The SMILES string of the molecule is CCC1(C(=O)O)CCCN(C(C)C2CCCCC2)C1. The molecule has 0 radical (unpaired) electrons. The van der Waals surface area contributed by atoms with Gasteiger partial charge in [0.2, 0.25) is 0 Å². The number of likely N-dealkylation sites (tertiary alicyclic amines) is 1. The van der Waals surface area contributed by atoms with E-state index in [0.29, 0.717) is 6.04 Å². The van der Waals surface area contributed by atoms with E-state index in [1.54, 1.807) is 0 Å². The quantitative estimate of drug-likeness (QED) is 0.847. The highest BCUT2D eigenvalue weighted by Gasteiger charge is 2.42. The van der Waals surface area contributed by atoms with E-state index < -0.39 is 11.4 Å². The zero-order valence-electron chi connectivity index (χ0n) is 12.5. The van der Waals surface area contributed by atoms with Gasteiger partial charge in [0.25, 0.3) is 0 Å². The summed E-state index contributed by atoms with van der Waals surface area (Å²) in [6, 6.07) is 0.561. The van der Waals surface area contributed by atoms with Crippen molar-refractivity contribution in [2.75, 3.05) is 13.1 Å². The third kappa shape index (κ3) is 3.13. The summed E-state index contributed by atoms with van der Waals surface area (Å²) >= 11 is 0. The molecule has 1 aliphatic heterocycles. The number of rotatable bonds is 4. The molecule has 1 aliphatic carbocycles. The second kappa shape index (κ2) is 6.25. The number of hydrogen-bond acceptors (Lipinski definition) is 2. The Kier molecular flexibility index (Phi) is 4.88. The van der Waals surface area contributed by atoms with Crippen LogP contribution in [-0.2, 0) is 4.79 Å². The van der Waals surface area contributed by atoms with Gasteiger partial charge in [-0.05, 0) is 51.5 Å². The maximum Gasteiger partial charge on any atom is 0.310 e. The van der Waals surface area contributed by atoms with E-state index in [1.165, 1.54) is 32.1 Å². The van der Waals surface area contributed by atoms with Gasteiger partial charge in [-0.2, -0.15) is 0 Å². The number of carbonyl (C=O) groups is 1. The van der Waals surface area contributed by atoms with Crippen LogP contribution in [-0.4, -0.2) is 35.1 Å². The van der Waals surface area contributed by atoms with Gasteiger partial charge in [-0.3, -0.25) is 9.69 Å². The van der Waals surface area contributed by atoms with Crippen LogP contribution in [0.15, 0.2) is 0 Å². The predicted octanol–water partition coefficient (Wildman–Crippen LogP) is 3.53. The van der Waals surface area contributed by atoms with E-state index in [-0.39, 0.29) is 0 Å². The normalized spacial score (nSPS) is 32.1. The molecule has 3 heteroatoms. The number of carboxylic acids is 1. The molecule has 19 heavy (non-hydrogen) atoms. The van der Waals surface area contributed by atoms with Gasteiger partial charge in [0.15, 0.2) is 0 Å². The van der Waals surface area contributed by atoms with Gasteiger partial charge in [-0.1, -0.05) is 26.2 Å². The Hall–Kier alpha value is -0.570. The molecular formula is C16H29NO2. The van der Waals surface area contributed by atoms with E-state index in [0.717, 1.165) is 38.3 Å². The Balaban J connectivity index is 2.01. The van der Waals surface area contributed by atoms with Crippen molar-refractivity contribution in [1.29, 1.82) is 0 Å². The molecule has 2 fully saturated rings. The second-order valence-electron chi connectivity index (χ2n) is 6.65. The van der Waals surface area contributed by atoms with E-state index in [4.69, 9.17) is 0 Å². The molecule has 0 amide bonds. The molecule has 110 valence electrons. The first-order valence-electron chi connectivity index (χ1n) is 8.06. The van der Waals surface area contributed by atoms with Crippen molar-refractivity contribution in [3.05, 3.63) is 0 Å². The first-order valence-corrected chi connectivity index (χ1v) is 8.06. The molecule has 0 bridgehead atoms. The first kappa shape index (κ1) is 14.8. The summed E-state index contributed by atoms with van der Waals surface area (Å²) in [7, 11) is 0. The Morgan fingerprint density at radius 3 is 2.58 bits per heavy atom. The lowest BCUT2D eigenvalue weighted by Gasteiger charge is -2.45. The van der Waals surface area contributed by atoms with Crippen LogP contribution in [0.1, 0.15) is 65.2 Å². The van der Waals surface area contributed by atoms with Crippen LogP contribution in [0, 0.1) is 11.3 Å². The smallest absolute Gasteiger partial charge is 0.310 e. The van der Waals surface area contributed by atoms with Crippen molar-refractivity contribution >= 4 is 5.97 Å². The number of piperidine rings is 1. The Bertz CT molecular complexity index is 312. The molecule has 2 atom stereocenters. The fourth-order valence-electron chi connectivity index (χ4n) is 4.04. The van der Waals surface area contributed by atoms with Crippen LogP contribution in [0.5, 0.6) is 0 Å². The van der Waals surface area contributed by atoms with Crippen molar-refractivity contribution < 1.29 is 9.90 Å². The lowest BCUT2D eigenvalue weighted by Crippen LogP contribution is -2.52. The number of aliphatic carboxylic acids is 1. The standard InChI is InChI=1S/C16H29NO2/c1-3-16(15(18)19)10-7-11-17(12-16)13(2)14-8-5-4-6-9-14/h13-14H,3-12H2,1-2H3,(H,18,19). The van der Waals surface area contributed by atoms with Gasteiger partial charge < -0.3 is 5.11 Å². The van der Waals surface area contributed by atoms with E-state index in [9.17, 15) is 9.90 Å². The molecule has 0 aromatic carbocycles. The first-order chi connectivity index (χ1) is 9.09. The highest BCUT2D eigenvalue weighted by molar-refractivity contribution is 5.75. The van der Waals surface area contributed by atoms with Crippen LogP contribution < -0.4 is 0 Å². The lowest BCUT2D eigenvalue weighted by molar-refractivity contribution is -0.153. The molecule has 1 N–H and O–H groups in total. The Labute approximate surface area is 117 Å². The largest absolute Gasteiger partial charge is 0.481 e. The third-order valence-electron chi connectivity index (χ3n) is 5.64. The minimum atomic E-state index is -0.587. The van der Waals surface area contributed by atoms with Gasteiger partial charge in [0.05, 0.1) is 5.41 Å². The number of nitrogens with zero attached hydrogens (tertiary/aromatic N) is 1.